The molecule has 0 amide bonds. The van der Waals surface area contributed by atoms with E-state index in [4.69, 9.17) is 17.7 Å². The third kappa shape index (κ3) is 8.07. The van der Waals surface area contributed by atoms with E-state index >= 15 is 0 Å². The molecule has 6 nitrogen and oxygen atoms in total. The minimum Gasteiger partial charge on any atom is -0.456 e. The lowest BCUT2D eigenvalue weighted by atomic mass is 10.0. The first-order chi connectivity index (χ1) is 45.5. The molecule has 4 aromatic heterocycles. The van der Waals surface area contributed by atoms with Gasteiger partial charge in [-0.3, -0.25) is 0 Å². The lowest BCUT2D eigenvalue weighted by Gasteiger charge is -2.25. The molecule has 0 aliphatic rings. The summed E-state index contributed by atoms with van der Waals surface area (Å²) in [5.41, 5.74) is 17.1. The summed E-state index contributed by atoms with van der Waals surface area (Å²) < 4.78 is 27.2. The molecule has 0 spiro atoms. The van der Waals surface area contributed by atoms with Crippen molar-refractivity contribution in [3.05, 3.63) is 303 Å². The zero-order chi connectivity index (χ0) is 60.1. The smallest absolute Gasteiger partial charge is 0.137 e. The van der Waals surface area contributed by atoms with Gasteiger partial charge >= 0.3 is 0 Å². The van der Waals surface area contributed by atoms with E-state index in [1.165, 1.54) is 43.4 Å². The molecule has 0 radical (unpaired) electrons. The monoisotopic (exact) mass is 1170 g/mol. The maximum atomic E-state index is 6.90. The molecule has 20 aromatic rings. The average Bonchev–Trinajstić information content (AvgIpc) is 1.61. The van der Waals surface area contributed by atoms with Crippen LogP contribution in [0.2, 0.25) is 0 Å². The molecule has 16 aromatic carbocycles. The van der Waals surface area contributed by atoms with Gasteiger partial charge in [0.05, 0.1) is 0 Å². The maximum absolute atomic E-state index is 6.90. The van der Waals surface area contributed by atoms with Crippen LogP contribution in [-0.2, 0) is 0 Å². The molecule has 92 heavy (non-hydrogen) atoms. The number of nitrogens with zero attached hydrogens (tertiary/aromatic N) is 2. The second-order valence-electron chi connectivity index (χ2n) is 24.5. The van der Waals surface area contributed by atoms with Crippen molar-refractivity contribution in [2.45, 2.75) is 0 Å². The molecule has 20 rings (SSSR count). The van der Waals surface area contributed by atoms with Gasteiger partial charge in [-0.1, -0.05) is 146 Å². The van der Waals surface area contributed by atoms with Crippen molar-refractivity contribution in [2.24, 2.45) is 0 Å². The second-order valence-corrected chi connectivity index (χ2v) is 24.5. The molecule has 0 unspecified atom stereocenters. The molecule has 0 fully saturated rings. The van der Waals surface area contributed by atoms with Crippen LogP contribution < -0.4 is 9.80 Å². The summed E-state index contributed by atoms with van der Waals surface area (Å²) in [4.78, 5) is 4.59. The molecule has 0 atom stereocenters. The van der Waals surface area contributed by atoms with Crippen LogP contribution in [0.5, 0.6) is 0 Å². The predicted molar refractivity (Wildman–Crippen MR) is 383 cm³/mol. The molecule has 0 N–H and O–H groups in total. The van der Waals surface area contributed by atoms with Crippen LogP contribution in [0, 0.1) is 0 Å². The number of anilines is 6. The Labute approximate surface area is 525 Å². The minimum absolute atomic E-state index is 0.796. The third-order valence-corrected chi connectivity index (χ3v) is 19.1. The van der Waals surface area contributed by atoms with E-state index in [2.05, 4.69) is 313 Å². The molecule has 0 aliphatic heterocycles. The molecule has 0 saturated carbocycles. The summed E-state index contributed by atoms with van der Waals surface area (Å²) >= 11 is 0. The number of hydrogen-bond acceptors (Lipinski definition) is 6. The first-order valence-corrected chi connectivity index (χ1v) is 31.2. The first-order valence-electron chi connectivity index (χ1n) is 31.2. The average molecular weight is 1180 g/mol. The van der Waals surface area contributed by atoms with Gasteiger partial charge in [0.15, 0.2) is 0 Å². The van der Waals surface area contributed by atoms with E-state index in [9.17, 15) is 0 Å². The van der Waals surface area contributed by atoms with Gasteiger partial charge in [0, 0.05) is 101 Å². The first kappa shape index (κ1) is 50.6. The van der Waals surface area contributed by atoms with Crippen molar-refractivity contribution in [3.8, 4) is 22.3 Å². The second kappa shape index (κ2) is 19.6. The van der Waals surface area contributed by atoms with Crippen molar-refractivity contribution >= 4 is 176 Å². The number of benzene rings is 16. The Morgan fingerprint density at radius 3 is 0.728 bits per heavy atom. The Hall–Kier alpha value is -12.4. The number of furan rings is 4. The van der Waals surface area contributed by atoms with E-state index in [0.29, 0.717) is 0 Å². The highest BCUT2D eigenvalue weighted by Crippen LogP contribution is 2.46. The van der Waals surface area contributed by atoms with E-state index < -0.39 is 0 Å². The molecule has 4 heterocycles. The summed E-state index contributed by atoms with van der Waals surface area (Å²) in [5.74, 6) is 0. The van der Waals surface area contributed by atoms with Gasteiger partial charge < -0.3 is 27.5 Å². The van der Waals surface area contributed by atoms with Crippen molar-refractivity contribution in [1.29, 1.82) is 0 Å². The van der Waals surface area contributed by atoms with Gasteiger partial charge in [0.25, 0.3) is 0 Å². The van der Waals surface area contributed by atoms with Crippen LogP contribution in [0.25, 0.3) is 164 Å². The van der Waals surface area contributed by atoms with Crippen molar-refractivity contribution in [2.75, 3.05) is 9.80 Å². The Balaban J connectivity index is 0.677. The minimum atomic E-state index is 0.796. The van der Waals surface area contributed by atoms with Gasteiger partial charge in [-0.15, -0.1) is 0 Å². The van der Waals surface area contributed by atoms with E-state index in [-0.39, 0.29) is 0 Å². The van der Waals surface area contributed by atoms with Gasteiger partial charge in [0.2, 0.25) is 0 Å². The summed E-state index contributed by atoms with van der Waals surface area (Å²) in [7, 11) is 0. The van der Waals surface area contributed by atoms with Crippen molar-refractivity contribution < 1.29 is 17.7 Å². The highest BCUT2D eigenvalue weighted by molar-refractivity contribution is 6.17. The van der Waals surface area contributed by atoms with Crippen LogP contribution >= 0.6 is 0 Å². The number of fused-ring (bicyclic) bond motifs is 17. The predicted octanol–water partition coefficient (Wildman–Crippen LogP) is 25.3. The Morgan fingerprint density at radius 2 is 0.391 bits per heavy atom. The molecular weight excluding hydrogens is 1120 g/mol. The number of rotatable bonds is 8. The fourth-order valence-electron chi connectivity index (χ4n) is 14.5. The zero-order valence-corrected chi connectivity index (χ0v) is 49.4. The quantitative estimate of drug-likeness (QED) is 0.151. The van der Waals surface area contributed by atoms with Crippen LogP contribution in [0.4, 0.5) is 34.1 Å². The van der Waals surface area contributed by atoms with Crippen LogP contribution in [0.15, 0.2) is 321 Å². The normalized spacial score (nSPS) is 12.1. The van der Waals surface area contributed by atoms with Crippen molar-refractivity contribution in [1.82, 2.24) is 0 Å². The van der Waals surface area contributed by atoms with Gasteiger partial charge in [0.1, 0.15) is 44.7 Å². The maximum Gasteiger partial charge on any atom is 0.137 e. The molecule has 0 bridgehead atoms. The molecule has 6 heteroatoms. The zero-order valence-electron chi connectivity index (χ0n) is 49.4. The van der Waals surface area contributed by atoms with E-state index in [0.717, 1.165) is 155 Å². The SMILES string of the molecule is c1ccc2cc(-c3ccc(N(c4ccc5c(c4)oc4cc6ccccc6cc45)c4ccc5c(c4)oc4cc6cc7oc8cc(N(c9ccc(-c%10ccc%11ccccc%11c%10)cc9)c9ccc%10c(c9)oc9cc%11ccccc%11cc9%10)ccc8c7cc6cc45)cc3)ccc2c1. The summed E-state index contributed by atoms with van der Waals surface area (Å²) in [6, 6.07) is 109. The lowest BCUT2D eigenvalue weighted by molar-refractivity contribution is 0.668. The van der Waals surface area contributed by atoms with Gasteiger partial charge in [-0.05, 0) is 210 Å². The highest BCUT2D eigenvalue weighted by atomic mass is 16.3. The van der Waals surface area contributed by atoms with Crippen LogP contribution in [0.1, 0.15) is 0 Å². The summed E-state index contributed by atoms with van der Waals surface area (Å²) in [6.07, 6.45) is 0. The standard InChI is InChI=1S/C86H50N2O4/c1-3-11-55-37-61(19-17-51(55)9-1)53-21-25-65(26-22-53)87(67-29-33-71-75-39-57-13-5-7-15-59(57)43-79(75)89-83(71)47-67)69-31-35-73-77-41-63-42-78-74-36-32-70(50-86(74)92-82(78)46-64(63)45-81(77)91-85(73)49-69)88(66-27-23-54(24-28-66)62-20-18-52-10-2-4-12-56(52)38-62)68-30-34-72-76-40-58-14-6-8-16-60(58)44-80(76)90-84(72)48-68/h1-50H. The van der Waals surface area contributed by atoms with Crippen LogP contribution in [0.3, 0.4) is 0 Å². The highest BCUT2D eigenvalue weighted by Gasteiger charge is 2.22. The summed E-state index contributed by atoms with van der Waals surface area (Å²) in [6.45, 7) is 0. The topological polar surface area (TPSA) is 59.0 Å². The Bertz CT molecular complexity index is 6070. The Morgan fingerprint density at radius 1 is 0.152 bits per heavy atom. The Kier molecular flexibility index (Phi) is 10.8. The fourth-order valence-corrected chi connectivity index (χ4v) is 14.5. The number of hydrogen-bond donors (Lipinski definition) is 0. The molecular formula is C86H50N2O4. The van der Waals surface area contributed by atoms with Crippen LogP contribution in [-0.4, -0.2) is 0 Å². The van der Waals surface area contributed by atoms with E-state index in [1.54, 1.807) is 0 Å². The molecule has 0 saturated heterocycles. The lowest BCUT2D eigenvalue weighted by Crippen LogP contribution is -2.09. The van der Waals surface area contributed by atoms with Gasteiger partial charge in [-0.2, -0.15) is 0 Å². The van der Waals surface area contributed by atoms with Crippen molar-refractivity contribution in [3.63, 3.8) is 0 Å². The fraction of sp³-hybridized carbons (Fsp3) is 0. The van der Waals surface area contributed by atoms with E-state index in [1.807, 2.05) is 0 Å². The van der Waals surface area contributed by atoms with Gasteiger partial charge in [-0.25, -0.2) is 0 Å². The summed E-state index contributed by atoms with van der Waals surface area (Å²) in [5, 5.41) is 20.2. The largest absolute Gasteiger partial charge is 0.456 e. The molecule has 0 aliphatic carbocycles. The molecule has 428 valence electrons. The third-order valence-electron chi connectivity index (χ3n) is 19.1.